The van der Waals surface area contributed by atoms with Gasteiger partial charge in [-0.1, -0.05) is 11.6 Å². The lowest BCUT2D eigenvalue weighted by Crippen LogP contribution is -2.46. The molecule has 1 heterocycles. The summed E-state index contributed by atoms with van der Waals surface area (Å²) in [5.74, 6) is 0.786. The van der Waals surface area contributed by atoms with Gasteiger partial charge in [0.05, 0.1) is 13.2 Å². The summed E-state index contributed by atoms with van der Waals surface area (Å²) in [6.45, 7) is 5.81. The summed E-state index contributed by atoms with van der Waals surface area (Å²) < 4.78 is 10.6. The van der Waals surface area contributed by atoms with Crippen molar-refractivity contribution < 1.29 is 19.1 Å². The SMILES string of the molecule is CCOC(=O)N1CCC(NC(=O)CCCOc2ccc(Cl)c(C)c2)CC1. The Morgan fingerprint density at radius 3 is 2.69 bits per heavy atom. The molecular formula is C19H27ClN2O4. The van der Waals surface area contributed by atoms with E-state index >= 15 is 0 Å². The first kappa shape index (κ1) is 20.4. The van der Waals surface area contributed by atoms with Crippen molar-refractivity contribution >= 4 is 23.6 Å². The van der Waals surface area contributed by atoms with Crippen molar-refractivity contribution in [2.45, 2.75) is 45.6 Å². The smallest absolute Gasteiger partial charge is 0.409 e. The Balaban J connectivity index is 1.60. The zero-order valence-electron chi connectivity index (χ0n) is 15.4. The lowest BCUT2D eigenvalue weighted by atomic mass is 10.1. The van der Waals surface area contributed by atoms with E-state index in [1.165, 1.54) is 0 Å². The molecule has 144 valence electrons. The fraction of sp³-hybridized carbons (Fsp3) is 0.579. The zero-order chi connectivity index (χ0) is 18.9. The van der Waals surface area contributed by atoms with Crippen LogP contribution in [-0.4, -0.2) is 49.2 Å². The normalized spacial score (nSPS) is 14.8. The number of carbonyl (C=O) groups excluding carboxylic acids is 2. The molecule has 1 aromatic carbocycles. The Labute approximate surface area is 159 Å². The number of nitrogens with one attached hydrogen (secondary N) is 1. The van der Waals surface area contributed by atoms with Crippen LogP contribution in [-0.2, 0) is 9.53 Å². The minimum Gasteiger partial charge on any atom is -0.494 e. The molecule has 1 saturated heterocycles. The van der Waals surface area contributed by atoms with Crippen molar-refractivity contribution in [2.75, 3.05) is 26.3 Å². The molecule has 6 nitrogen and oxygen atoms in total. The molecule has 0 atom stereocenters. The van der Waals surface area contributed by atoms with Crippen molar-refractivity contribution in [1.29, 1.82) is 0 Å². The second-order valence-corrected chi connectivity index (χ2v) is 6.80. The number of benzene rings is 1. The molecule has 2 rings (SSSR count). The van der Waals surface area contributed by atoms with Gasteiger partial charge in [-0.05, 0) is 56.9 Å². The summed E-state index contributed by atoms with van der Waals surface area (Å²) in [7, 11) is 0. The predicted molar refractivity (Wildman–Crippen MR) is 101 cm³/mol. The predicted octanol–water partition coefficient (Wildman–Crippen LogP) is 3.54. The summed E-state index contributed by atoms with van der Waals surface area (Å²) in [6, 6.07) is 5.64. The van der Waals surface area contributed by atoms with Crippen LogP contribution >= 0.6 is 11.6 Å². The van der Waals surface area contributed by atoms with Crippen LogP contribution in [0.4, 0.5) is 4.79 Å². The summed E-state index contributed by atoms with van der Waals surface area (Å²) in [6.07, 6.45) is 2.31. The number of likely N-dealkylation sites (tertiary alicyclic amines) is 1. The number of ether oxygens (including phenoxy) is 2. The molecule has 0 saturated carbocycles. The molecule has 0 aliphatic carbocycles. The average molecular weight is 383 g/mol. The van der Waals surface area contributed by atoms with E-state index < -0.39 is 0 Å². The number of amides is 2. The van der Waals surface area contributed by atoms with Crippen LogP contribution in [0.2, 0.25) is 5.02 Å². The quantitative estimate of drug-likeness (QED) is 0.732. The standard InChI is InChI=1S/C19H27ClN2O4/c1-3-25-19(24)22-10-8-15(9-11-22)21-18(23)5-4-12-26-16-6-7-17(20)14(2)13-16/h6-7,13,15H,3-5,8-12H2,1-2H3,(H,21,23). The lowest BCUT2D eigenvalue weighted by Gasteiger charge is -2.31. The van der Waals surface area contributed by atoms with Gasteiger partial charge in [0.25, 0.3) is 0 Å². The van der Waals surface area contributed by atoms with E-state index in [1.54, 1.807) is 11.8 Å². The van der Waals surface area contributed by atoms with E-state index in [9.17, 15) is 9.59 Å². The van der Waals surface area contributed by atoms with Gasteiger partial charge in [-0.2, -0.15) is 0 Å². The van der Waals surface area contributed by atoms with E-state index in [4.69, 9.17) is 21.1 Å². The van der Waals surface area contributed by atoms with Gasteiger partial charge in [0.15, 0.2) is 0 Å². The summed E-state index contributed by atoms with van der Waals surface area (Å²) in [5, 5.41) is 3.75. The minimum atomic E-state index is -0.271. The summed E-state index contributed by atoms with van der Waals surface area (Å²) >= 11 is 5.98. The van der Waals surface area contributed by atoms with E-state index in [2.05, 4.69) is 5.32 Å². The third kappa shape index (κ3) is 6.41. The molecular weight excluding hydrogens is 356 g/mol. The van der Waals surface area contributed by atoms with Crippen molar-refractivity contribution in [3.8, 4) is 5.75 Å². The number of halogens is 1. The second-order valence-electron chi connectivity index (χ2n) is 6.39. The van der Waals surface area contributed by atoms with Crippen molar-refractivity contribution in [2.24, 2.45) is 0 Å². The maximum Gasteiger partial charge on any atom is 0.409 e. The fourth-order valence-electron chi connectivity index (χ4n) is 2.85. The summed E-state index contributed by atoms with van der Waals surface area (Å²) in [4.78, 5) is 25.4. The topological polar surface area (TPSA) is 67.9 Å². The Kier molecular flexibility index (Phi) is 8.04. The number of aryl methyl sites for hydroxylation is 1. The highest BCUT2D eigenvalue weighted by molar-refractivity contribution is 6.31. The van der Waals surface area contributed by atoms with Crippen LogP contribution in [0.15, 0.2) is 18.2 Å². The minimum absolute atomic E-state index is 0.0236. The van der Waals surface area contributed by atoms with Crippen LogP contribution in [0.5, 0.6) is 5.75 Å². The number of carbonyl (C=O) groups is 2. The van der Waals surface area contributed by atoms with E-state index in [-0.39, 0.29) is 18.0 Å². The molecule has 1 fully saturated rings. The Hall–Kier alpha value is -1.95. The van der Waals surface area contributed by atoms with Gasteiger partial charge < -0.3 is 19.7 Å². The maximum atomic E-state index is 12.0. The van der Waals surface area contributed by atoms with Gasteiger partial charge in [0, 0.05) is 30.6 Å². The molecule has 7 heteroatoms. The van der Waals surface area contributed by atoms with Gasteiger partial charge >= 0.3 is 6.09 Å². The van der Waals surface area contributed by atoms with Crippen LogP contribution in [0.1, 0.15) is 38.2 Å². The zero-order valence-corrected chi connectivity index (χ0v) is 16.2. The third-order valence-corrected chi connectivity index (χ3v) is 4.76. The van der Waals surface area contributed by atoms with Crippen molar-refractivity contribution in [3.05, 3.63) is 28.8 Å². The summed E-state index contributed by atoms with van der Waals surface area (Å²) in [5.41, 5.74) is 0.969. The maximum absolute atomic E-state index is 12.0. The number of hydrogen-bond donors (Lipinski definition) is 1. The lowest BCUT2D eigenvalue weighted by molar-refractivity contribution is -0.122. The highest BCUT2D eigenvalue weighted by Crippen LogP contribution is 2.21. The highest BCUT2D eigenvalue weighted by Gasteiger charge is 2.24. The monoisotopic (exact) mass is 382 g/mol. The van der Waals surface area contributed by atoms with Gasteiger partial charge in [-0.25, -0.2) is 4.79 Å². The molecule has 26 heavy (non-hydrogen) atoms. The molecule has 0 spiro atoms. The number of hydrogen-bond acceptors (Lipinski definition) is 4. The van der Waals surface area contributed by atoms with Crippen LogP contribution in [0.25, 0.3) is 0 Å². The first-order chi connectivity index (χ1) is 12.5. The van der Waals surface area contributed by atoms with Crippen molar-refractivity contribution in [1.82, 2.24) is 10.2 Å². The molecule has 2 amide bonds. The van der Waals surface area contributed by atoms with Crippen LogP contribution in [0.3, 0.4) is 0 Å². The molecule has 1 aromatic rings. The third-order valence-electron chi connectivity index (χ3n) is 4.33. The molecule has 1 aliphatic heterocycles. The van der Waals surface area contributed by atoms with E-state index in [0.29, 0.717) is 44.2 Å². The fourth-order valence-corrected chi connectivity index (χ4v) is 2.97. The van der Waals surface area contributed by atoms with Crippen LogP contribution in [0, 0.1) is 6.92 Å². The number of rotatable bonds is 7. The molecule has 0 bridgehead atoms. The number of piperidine rings is 1. The molecule has 1 aliphatic rings. The Morgan fingerprint density at radius 2 is 2.04 bits per heavy atom. The van der Waals surface area contributed by atoms with E-state index in [0.717, 1.165) is 24.2 Å². The Morgan fingerprint density at radius 1 is 1.31 bits per heavy atom. The molecule has 0 unspecified atom stereocenters. The number of nitrogens with zero attached hydrogens (tertiary/aromatic N) is 1. The average Bonchev–Trinajstić information content (AvgIpc) is 2.62. The van der Waals surface area contributed by atoms with Crippen LogP contribution < -0.4 is 10.1 Å². The van der Waals surface area contributed by atoms with Gasteiger partial charge in [0.1, 0.15) is 5.75 Å². The van der Waals surface area contributed by atoms with Gasteiger partial charge in [-0.15, -0.1) is 0 Å². The van der Waals surface area contributed by atoms with Gasteiger partial charge in [-0.3, -0.25) is 4.79 Å². The van der Waals surface area contributed by atoms with Gasteiger partial charge in [0.2, 0.25) is 5.91 Å². The molecule has 0 aromatic heterocycles. The molecule has 1 N–H and O–H groups in total. The molecule has 0 radical (unpaired) electrons. The first-order valence-corrected chi connectivity index (χ1v) is 9.47. The first-order valence-electron chi connectivity index (χ1n) is 9.09. The highest BCUT2D eigenvalue weighted by atomic mass is 35.5. The van der Waals surface area contributed by atoms with E-state index in [1.807, 2.05) is 25.1 Å². The second kappa shape index (κ2) is 10.3. The van der Waals surface area contributed by atoms with Crippen molar-refractivity contribution in [3.63, 3.8) is 0 Å². The Bertz CT molecular complexity index is 616. The largest absolute Gasteiger partial charge is 0.494 e.